The van der Waals surface area contributed by atoms with Crippen molar-refractivity contribution in [3.63, 3.8) is 0 Å². The zero-order valence-electron chi connectivity index (χ0n) is 12.7. The van der Waals surface area contributed by atoms with E-state index in [1.54, 1.807) is 19.1 Å². The Labute approximate surface area is 146 Å². The first kappa shape index (κ1) is 16.4. The van der Waals surface area contributed by atoms with Crippen molar-refractivity contribution < 1.29 is 9.72 Å². The molecule has 0 spiro atoms. The van der Waals surface area contributed by atoms with Crippen LogP contribution in [0.15, 0.2) is 46.8 Å². The lowest BCUT2D eigenvalue weighted by atomic mass is 10.1. The Balaban J connectivity index is 1.69. The Kier molecular flexibility index (Phi) is 4.77. The SMILES string of the molecule is Cc1cccc([N+](=O)[O-])c1NC(=O)CSc1nc2ccccc2s1. The van der Waals surface area contributed by atoms with Crippen LogP contribution in [-0.4, -0.2) is 21.6 Å². The van der Waals surface area contributed by atoms with Crippen molar-refractivity contribution in [1.29, 1.82) is 0 Å². The Hall–Kier alpha value is -2.45. The van der Waals surface area contributed by atoms with Gasteiger partial charge in [0, 0.05) is 6.07 Å². The van der Waals surface area contributed by atoms with Gasteiger partial charge in [0.05, 0.1) is 20.9 Å². The van der Waals surface area contributed by atoms with Gasteiger partial charge in [-0.25, -0.2) is 4.98 Å². The molecule has 24 heavy (non-hydrogen) atoms. The first-order valence-corrected chi connectivity index (χ1v) is 8.87. The van der Waals surface area contributed by atoms with Crippen LogP contribution >= 0.6 is 23.1 Å². The molecule has 1 heterocycles. The summed E-state index contributed by atoms with van der Waals surface area (Å²) in [5, 5.41) is 13.7. The summed E-state index contributed by atoms with van der Waals surface area (Å²) in [6.45, 7) is 1.73. The number of fused-ring (bicyclic) bond motifs is 1. The van der Waals surface area contributed by atoms with Gasteiger partial charge in [0.1, 0.15) is 5.69 Å². The number of carbonyl (C=O) groups is 1. The van der Waals surface area contributed by atoms with Crippen LogP contribution in [0.4, 0.5) is 11.4 Å². The normalized spacial score (nSPS) is 10.7. The lowest BCUT2D eigenvalue weighted by Crippen LogP contribution is -2.16. The molecule has 0 bridgehead atoms. The predicted molar refractivity (Wildman–Crippen MR) is 96.8 cm³/mol. The molecule has 1 amide bonds. The van der Waals surface area contributed by atoms with E-state index >= 15 is 0 Å². The summed E-state index contributed by atoms with van der Waals surface area (Å²) in [7, 11) is 0. The van der Waals surface area contributed by atoms with Crippen LogP contribution in [0.5, 0.6) is 0 Å². The van der Waals surface area contributed by atoms with Crippen molar-refractivity contribution in [3.8, 4) is 0 Å². The molecule has 0 atom stereocenters. The second-order valence-corrected chi connectivity index (χ2v) is 7.26. The number of aryl methyl sites for hydroxylation is 1. The number of thiazole rings is 1. The van der Waals surface area contributed by atoms with Crippen molar-refractivity contribution in [2.24, 2.45) is 0 Å². The molecule has 0 aliphatic carbocycles. The number of nitro benzene ring substituents is 1. The van der Waals surface area contributed by atoms with E-state index in [4.69, 9.17) is 0 Å². The van der Waals surface area contributed by atoms with Gasteiger partial charge >= 0.3 is 0 Å². The molecule has 0 unspecified atom stereocenters. The molecule has 0 saturated carbocycles. The number of nitro groups is 1. The van der Waals surface area contributed by atoms with E-state index in [2.05, 4.69) is 10.3 Å². The van der Waals surface area contributed by atoms with E-state index in [1.165, 1.54) is 29.2 Å². The van der Waals surface area contributed by atoms with Crippen molar-refractivity contribution in [1.82, 2.24) is 4.98 Å². The standard InChI is InChI=1S/C16H13N3O3S2/c1-10-5-4-7-12(19(21)22)15(10)18-14(20)9-23-16-17-11-6-2-3-8-13(11)24-16/h2-8H,9H2,1H3,(H,18,20). The second-order valence-electron chi connectivity index (χ2n) is 5.01. The van der Waals surface area contributed by atoms with Gasteiger partial charge in [0.2, 0.25) is 5.91 Å². The molecule has 1 N–H and O–H groups in total. The fraction of sp³-hybridized carbons (Fsp3) is 0.125. The quantitative estimate of drug-likeness (QED) is 0.418. The van der Waals surface area contributed by atoms with E-state index < -0.39 is 4.92 Å². The average Bonchev–Trinajstić information content (AvgIpc) is 2.97. The van der Waals surface area contributed by atoms with Crippen LogP contribution in [-0.2, 0) is 4.79 Å². The fourth-order valence-electron chi connectivity index (χ4n) is 2.18. The molecule has 0 aliphatic heterocycles. The number of rotatable bonds is 5. The van der Waals surface area contributed by atoms with Crippen molar-refractivity contribution in [3.05, 3.63) is 58.1 Å². The summed E-state index contributed by atoms with van der Waals surface area (Å²) in [5.41, 5.74) is 1.70. The zero-order chi connectivity index (χ0) is 17.1. The number of thioether (sulfide) groups is 1. The topological polar surface area (TPSA) is 85.1 Å². The van der Waals surface area contributed by atoms with Crippen LogP contribution in [0.2, 0.25) is 0 Å². The van der Waals surface area contributed by atoms with Gasteiger partial charge in [-0.2, -0.15) is 0 Å². The molecule has 0 radical (unpaired) electrons. The minimum atomic E-state index is -0.497. The summed E-state index contributed by atoms with van der Waals surface area (Å²) in [5.74, 6) is -0.151. The number of aromatic nitrogens is 1. The third-order valence-corrected chi connectivity index (χ3v) is 5.49. The summed E-state index contributed by atoms with van der Waals surface area (Å²) < 4.78 is 1.86. The maximum Gasteiger partial charge on any atom is 0.293 e. The fourth-order valence-corrected chi connectivity index (χ4v) is 4.05. The minimum absolute atomic E-state index is 0.103. The highest BCUT2D eigenvalue weighted by molar-refractivity contribution is 8.01. The van der Waals surface area contributed by atoms with Crippen LogP contribution in [0.3, 0.4) is 0 Å². The van der Waals surface area contributed by atoms with E-state index in [0.29, 0.717) is 5.56 Å². The highest BCUT2D eigenvalue weighted by Gasteiger charge is 2.18. The number of hydrogen-bond donors (Lipinski definition) is 1. The van der Waals surface area contributed by atoms with Crippen molar-refractivity contribution >= 4 is 50.6 Å². The van der Waals surface area contributed by atoms with E-state index in [-0.39, 0.29) is 23.0 Å². The lowest BCUT2D eigenvalue weighted by molar-refractivity contribution is -0.384. The zero-order valence-corrected chi connectivity index (χ0v) is 14.3. The number of anilines is 1. The molecule has 3 aromatic rings. The number of amides is 1. The highest BCUT2D eigenvalue weighted by atomic mass is 32.2. The molecule has 1 aromatic heterocycles. The van der Waals surface area contributed by atoms with Gasteiger partial charge in [-0.1, -0.05) is 36.0 Å². The molecule has 2 aromatic carbocycles. The third-order valence-electron chi connectivity index (χ3n) is 3.31. The lowest BCUT2D eigenvalue weighted by Gasteiger charge is -2.08. The summed E-state index contributed by atoms with van der Waals surface area (Å²) in [4.78, 5) is 27.2. The van der Waals surface area contributed by atoms with Gasteiger partial charge in [-0.3, -0.25) is 14.9 Å². The maximum atomic E-state index is 12.2. The summed E-state index contributed by atoms with van der Waals surface area (Å²) in [6.07, 6.45) is 0. The predicted octanol–water partition coefficient (Wildman–Crippen LogP) is 4.24. The Morgan fingerprint density at radius 3 is 2.83 bits per heavy atom. The average molecular weight is 359 g/mol. The molecule has 0 aliphatic rings. The Bertz CT molecular complexity index is 891. The minimum Gasteiger partial charge on any atom is -0.319 e. The van der Waals surface area contributed by atoms with E-state index in [9.17, 15) is 14.9 Å². The molecule has 122 valence electrons. The van der Waals surface area contributed by atoms with Crippen LogP contribution in [0.1, 0.15) is 5.56 Å². The Morgan fingerprint density at radius 2 is 2.08 bits per heavy atom. The van der Waals surface area contributed by atoms with Gasteiger partial charge in [-0.05, 0) is 24.6 Å². The van der Waals surface area contributed by atoms with Gasteiger partial charge < -0.3 is 5.32 Å². The van der Waals surface area contributed by atoms with Gasteiger partial charge in [0.15, 0.2) is 4.34 Å². The molecule has 8 heteroatoms. The second kappa shape index (κ2) is 6.98. The molecule has 0 saturated heterocycles. The smallest absolute Gasteiger partial charge is 0.293 e. The van der Waals surface area contributed by atoms with Gasteiger partial charge in [-0.15, -0.1) is 11.3 Å². The van der Waals surface area contributed by atoms with Crippen molar-refractivity contribution in [2.75, 3.05) is 11.1 Å². The van der Waals surface area contributed by atoms with Gasteiger partial charge in [0.25, 0.3) is 5.69 Å². The first-order chi connectivity index (χ1) is 11.5. The molecule has 6 nitrogen and oxygen atoms in total. The van der Waals surface area contributed by atoms with Crippen LogP contribution in [0.25, 0.3) is 10.2 Å². The van der Waals surface area contributed by atoms with Crippen LogP contribution in [0, 0.1) is 17.0 Å². The highest BCUT2D eigenvalue weighted by Crippen LogP contribution is 2.30. The Morgan fingerprint density at radius 1 is 1.29 bits per heavy atom. The molecular formula is C16H13N3O3S2. The first-order valence-electron chi connectivity index (χ1n) is 7.07. The number of benzene rings is 2. The number of hydrogen-bond acceptors (Lipinski definition) is 6. The molecular weight excluding hydrogens is 346 g/mol. The van der Waals surface area contributed by atoms with Crippen LogP contribution < -0.4 is 5.32 Å². The van der Waals surface area contributed by atoms with E-state index in [0.717, 1.165) is 14.6 Å². The third kappa shape index (κ3) is 3.55. The largest absolute Gasteiger partial charge is 0.319 e. The number of para-hydroxylation sites is 2. The van der Waals surface area contributed by atoms with Crippen molar-refractivity contribution in [2.45, 2.75) is 11.3 Å². The number of nitrogens with one attached hydrogen (secondary N) is 1. The summed E-state index contributed by atoms with van der Waals surface area (Å²) >= 11 is 2.84. The number of carbonyl (C=O) groups excluding carboxylic acids is 1. The van der Waals surface area contributed by atoms with E-state index in [1.807, 2.05) is 24.3 Å². The molecule has 3 rings (SSSR count). The molecule has 0 fully saturated rings. The maximum absolute atomic E-state index is 12.2. The summed E-state index contributed by atoms with van der Waals surface area (Å²) in [6, 6.07) is 12.5. The monoisotopic (exact) mass is 359 g/mol. The number of nitrogens with zero attached hydrogens (tertiary/aromatic N) is 2.